The number of aromatic nitrogens is 5. The van der Waals surface area contributed by atoms with E-state index in [1.807, 2.05) is 69.0 Å². The zero-order valence-corrected chi connectivity index (χ0v) is 32.7. The van der Waals surface area contributed by atoms with Crippen LogP contribution in [0.25, 0.3) is 22.5 Å². The molecule has 0 bridgehead atoms. The summed E-state index contributed by atoms with van der Waals surface area (Å²) in [7, 11) is 2.59. The van der Waals surface area contributed by atoms with Gasteiger partial charge >= 0.3 is 12.2 Å². The number of ether oxygens (including phenoxy) is 2. The molecule has 15 heteroatoms. The van der Waals surface area contributed by atoms with Gasteiger partial charge in [-0.3, -0.25) is 9.69 Å². The number of aliphatic hydroxyl groups excluding tert-OH is 1. The first-order chi connectivity index (χ1) is 27.0. The number of amides is 3. The number of H-pyrrole nitrogens is 2. The van der Waals surface area contributed by atoms with Gasteiger partial charge in [0.25, 0.3) is 0 Å². The number of nitrogens with zero attached hydrogens (tertiary/aromatic N) is 5. The van der Waals surface area contributed by atoms with Gasteiger partial charge in [0, 0.05) is 30.4 Å². The van der Waals surface area contributed by atoms with E-state index in [2.05, 4.69) is 47.4 Å². The summed E-state index contributed by atoms with van der Waals surface area (Å²) in [6.45, 7) is 8.95. The second kappa shape index (κ2) is 17.8. The summed E-state index contributed by atoms with van der Waals surface area (Å²) in [5.74, 6) is 7.51. The number of hydrogen-bond acceptors (Lipinski definition) is 10. The number of imidazole rings is 2. The van der Waals surface area contributed by atoms with Crippen LogP contribution in [0.5, 0.6) is 0 Å². The molecule has 15 nitrogen and oxygen atoms in total. The maximum absolute atomic E-state index is 13.5. The Balaban J connectivity index is 1.07. The molecule has 0 saturated carbocycles. The molecule has 0 radical (unpaired) electrons. The number of carbonyl (C=O) groups excluding carboxylic acids is 3. The molecule has 56 heavy (non-hydrogen) atoms. The molecule has 296 valence electrons. The molecule has 2 aliphatic rings. The third-order valence-electron chi connectivity index (χ3n) is 10.5. The van der Waals surface area contributed by atoms with Crippen molar-refractivity contribution in [1.29, 1.82) is 0 Å². The highest BCUT2D eigenvalue weighted by Crippen LogP contribution is 2.35. The van der Waals surface area contributed by atoms with Crippen molar-refractivity contribution in [3.8, 4) is 34.4 Å². The molecule has 2 saturated heterocycles. The Morgan fingerprint density at radius 2 is 1.38 bits per heavy atom. The van der Waals surface area contributed by atoms with Crippen molar-refractivity contribution in [2.75, 3.05) is 27.3 Å². The normalized spacial score (nSPS) is 18.6. The molecule has 5 N–H and O–H groups in total. The van der Waals surface area contributed by atoms with Crippen molar-refractivity contribution in [2.45, 2.75) is 83.8 Å². The Labute approximate surface area is 327 Å². The lowest BCUT2D eigenvalue weighted by Gasteiger charge is -2.35. The SMILES string of the molecule is COC(=O)N[C@@H](C(C)C)C(O)N1CCC[C@H]1c1ncc(-c2ccc(C#Cc3ccc(-c4cnc([C@@H]5CCCN5C(=O)[C@@H](NC(=O)OC)C(C)C)[nH]4)cc3)nc2)[nH]1. The molecule has 4 aromatic rings. The Morgan fingerprint density at radius 1 is 0.768 bits per heavy atom. The number of aliphatic hydroxyl groups is 1. The number of nitrogens with one attached hydrogen (secondary N) is 4. The third-order valence-corrected chi connectivity index (χ3v) is 10.5. The number of alkyl carbamates (subject to hydrolysis) is 2. The molecule has 5 heterocycles. The molecular formula is C41H51N9O6. The van der Waals surface area contributed by atoms with Gasteiger partial charge in [-0.15, -0.1) is 0 Å². The van der Waals surface area contributed by atoms with E-state index in [4.69, 9.17) is 9.47 Å². The van der Waals surface area contributed by atoms with Crippen LogP contribution in [0.3, 0.4) is 0 Å². The van der Waals surface area contributed by atoms with Crippen LogP contribution in [-0.4, -0.2) is 104 Å². The lowest BCUT2D eigenvalue weighted by molar-refractivity contribution is -0.135. The van der Waals surface area contributed by atoms with Crippen LogP contribution in [0.1, 0.15) is 88.4 Å². The minimum Gasteiger partial charge on any atom is -0.453 e. The first kappa shape index (κ1) is 40.0. The molecule has 1 aromatic carbocycles. The summed E-state index contributed by atoms with van der Waals surface area (Å²) < 4.78 is 9.52. The molecule has 0 aliphatic carbocycles. The molecule has 1 unspecified atom stereocenters. The summed E-state index contributed by atoms with van der Waals surface area (Å²) in [5.41, 5.74) is 4.88. The number of benzene rings is 1. The van der Waals surface area contributed by atoms with Gasteiger partial charge in [0.05, 0.1) is 56.1 Å². The average Bonchev–Trinajstić information content (AvgIpc) is 4.04. The zero-order chi connectivity index (χ0) is 39.9. The summed E-state index contributed by atoms with van der Waals surface area (Å²) in [4.78, 5) is 61.8. The predicted molar refractivity (Wildman–Crippen MR) is 209 cm³/mol. The Morgan fingerprint density at radius 3 is 2.00 bits per heavy atom. The quantitative estimate of drug-likeness (QED) is 0.128. The van der Waals surface area contributed by atoms with Crippen LogP contribution >= 0.6 is 0 Å². The van der Waals surface area contributed by atoms with E-state index in [1.165, 1.54) is 14.2 Å². The zero-order valence-electron chi connectivity index (χ0n) is 32.7. The van der Waals surface area contributed by atoms with Crippen LogP contribution < -0.4 is 10.6 Å². The highest BCUT2D eigenvalue weighted by atomic mass is 16.5. The third kappa shape index (κ3) is 9.04. The first-order valence-corrected chi connectivity index (χ1v) is 19.1. The highest BCUT2D eigenvalue weighted by molar-refractivity contribution is 5.86. The monoisotopic (exact) mass is 765 g/mol. The van der Waals surface area contributed by atoms with Gasteiger partial charge in [-0.05, 0) is 73.3 Å². The average molecular weight is 766 g/mol. The molecule has 3 aromatic heterocycles. The lowest BCUT2D eigenvalue weighted by atomic mass is 10.0. The summed E-state index contributed by atoms with van der Waals surface area (Å²) >= 11 is 0. The fourth-order valence-corrected chi connectivity index (χ4v) is 7.38. The van der Waals surface area contributed by atoms with Gasteiger partial charge in [-0.2, -0.15) is 0 Å². The van der Waals surface area contributed by atoms with E-state index in [-0.39, 0.29) is 29.8 Å². The number of rotatable bonds is 11. The second-order valence-electron chi connectivity index (χ2n) is 14.9. The fraction of sp³-hybridized carbons (Fsp3) is 0.463. The first-order valence-electron chi connectivity index (χ1n) is 19.1. The number of hydrogen-bond donors (Lipinski definition) is 5. The van der Waals surface area contributed by atoms with Gasteiger partial charge in [0.2, 0.25) is 5.91 Å². The van der Waals surface area contributed by atoms with Crippen LogP contribution in [0.4, 0.5) is 9.59 Å². The van der Waals surface area contributed by atoms with E-state index < -0.39 is 30.5 Å². The largest absolute Gasteiger partial charge is 0.453 e. The molecule has 2 fully saturated rings. The molecule has 3 amide bonds. The molecular weight excluding hydrogens is 715 g/mol. The molecule has 0 spiro atoms. The number of likely N-dealkylation sites (tertiary alicyclic amines) is 2. The molecule has 6 rings (SSSR count). The van der Waals surface area contributed by atoms with Crippen LogP contribution in [0.2, 0.25) is 0 Å². The second-order valence-corrected chi connectivity index (χ2v) is 14.9. The van der Waals surface area contributed by atoms with Crippen LogP contribution in [-0.2, 0) is 14.3 Å². The lowest BCUT2D eigenvalue weighted by Crippen LogP contribution is -2.54. The molecule has 2 aliphatic heterocycles. The van der Waals surface area contributed by atoms with Crippen molar-refractivity contribution >= 4 is 18.1 Å². The van der Waals surface area contributed by atoms with E-state index in [0.717, 1.165) is 59.6 Å². The Kier molecular flexibility index (Phi) is 12.7. The minimum absolute atomic E-state index is 0.0152. The summed E-state index contributed by atoms with van der Waals surface area (Å²) in [6.07, 6.45) is 6.53. The minimum atomic E-state index is -0.904. The van der Waals surface area contributed by atoms with Gasteiger partial charge < -0.3 is 40.1 Å². The number of carbonyl (C=O) groups is 3. The van der Waals surface area contributed by atoms with Gasteiger partial charge in [-0.25, -0.2) is 24.5 Å². The number of methoxy groups -OCH3 is 2. The van der Waals surface area contributed by atoms with Crippen molar-refractivity contribution in [3.05, 3.63) is 77.9 Å². The van der Waals surface area contributed by atoms with E-state index in [1.54, 1.807) is 23.5 Å². The molecule has 5 atom stereocenters. The number of aromatic amines is 2. The van der Waals surface area contributed by atoms with Crippen LogP contribution in [0.15, 0.2) is 55.0 Å². The van der Waals surface area contributed by atoms with Gasteiger partial charge in [-0.1, -0.05) is 45.7 Å². The maximum Gasteiger partial charge on any atom is 0.407 e. The summed E-state index contributed by atoms with van der Waals surface area (Å²) in [6, 6.07) is 10.1. The van der Waals surface area contributed by atoms with Crippen molar-refractivity contribution in [3.63, 3.8) is 0 Å². The highest BCUT2D eigenvalue weighted by Gasteiger charge is 2.39. The maximum atomic E-state index is 13.5. The standard InChI is InChI=1S/C41H51N9O6/c1-24(2)34(47-40(53)55-5)38(51)49-19-7-9-32(49)36-43-22-30(45-36)27-14-11-26(12-15-27)13-17-29-18-16-28(21-42-29)31-23-44-37(46-31)33-10-8-20-50(33)39(52)35(25(3)4)48-41(54)56-6/h11-12,14-16,18,21-25,32-35,39,52H,7-10,19-20H2,1-6H3,(H,43,45)(H,44,46)(H,47,53)(H,48,54)/t32-,33-,34-,35-,39?/m0/s1. The fourth-order valence-electron chi connectivity index (χ4n) is 7.38. The van der Waals surface area contributed by atoms with Crippen molar-refractivity contribution < 1.29 is 29.0 Å². The van der Waals surface area contributed by atoms with Crippen molar-refractivity contribution in [1.82, 2.24) is 45.4 Å². The predicted octanol–water partition coefficient (Wildman–Crippen LogP) is 5.14. The van der Waals surface area contributed by atoms with Gasteiger partial charge in [0.1, 0.15) is 29.6 Å². The van der Waals surface area contributed by atoms with E-state index in [9.17, 15) is 19.5 Å². The number of pyridine rings is 1. The Hall–Kier alpha value is -5.72. The van der Waals surface area contributed by atoms with Crippen molar-refractivity contribution in [2.24, 2.45) is 11.8 Å². The van der Waals surface area contributed by atoms with Crippen LogP contribution in [0, 0.1) is 23.7 Å². The van der Waals surface area contributed by atoms with E-state index in [0.29, 0.717) is 24.6 Å². The Bertz CT molecular complexity index is 2030. The topological polar surface area (TPSA) is 191 Å². The van der Waals surface area contributed by atoms with E-state index >= 15 is 0 Å². The van der Waals surface area contributed by atoms with Gasteiger partial charge in [0.15, 0.2) is 0 Å². The smallest absolute Gasteiger partial charge is 0.407 e. The summed E-state index contributed by atoms with van der Waals surface area (Å²) in [5, 5.41) is 16.7.